The number of hydrogen-bond acceptors (Lipinski definition) is 4. The van der Waals surface area contributed by atoms with Gasteiger partial charge >= 0.3 is 6.09 Å². The van der Waals surface area contributed by atoms with Gasteiger partial charge in [0, 0.05) is 5.69 Å². The Bertz CT molecular complexity index is 390. The van der Waals surface area contributed by atoms with Crippen molar-refractivity contribution in [3.63, 3.8) is 0 Å². The Morgan fingerprint density at radius 1 is 1.60 bits per heavy atom. The van der Waals surface area contributed by atoms with Crippen LogP contribution in [0.3, 0.4) is 0 Å². The van der Waals surface area contributed by atoms with Gasteiger partial charge in [-0.15, -0.1) is 0 Å². The van der Waals surface area contributed by atoms with E-state index in [0.717, 1.165) is 5.69 Å². The summed E-state index contributed by atoms with van der Waals surface area (Å²) in [6, 6.07) is 5.20. The molecule has 1 amide bonds. The Kier molecular flexibility index (Phi) is 3.61. The van der Waals surface area contributed by atoms with Crippen molar-refractivity contribution in [2.75, 3.05) is 7.11 Å². The van der Waals surface area contributed by atoms with Gasteiger partial charge in [0.2, 0.25) is 5.84 Å². The molecule has 0 aliphatic heterocycles. The quantitative estimate of drug-likeness (QED) is 0.431. The van der Waals surface area contributed by atoms with Gasteiger partial charge in [0.05, 0.1) is 0 Å². The van der Waals surface area contributed by atoms with Crippen molar-refractivity contribution in [1.29, 1.82) is 0 Å². The van der Waals surface area contributed by atoms with Crippen LogP contribution in [0.2, 0.25) is 0 Å². The summed E-state index contributed by atoms with van der Waals surface area (Å²) in [6.07, 6.45) is -1.21. The molecule has 15 heavy (non-hydrogen) atoms. The molecule has 6 heteroatoms. The minimum Gasteiger partial charge on any atom is -0.465 e. The molecule has 0 unspecified atom stereocenters. The number of rotatable bonds is 2. The molecule has 0 radical (unpaired) electrons. The third kappa shape index (κ3) is 3.26. The summed E-state index contributed by atoms with van der Waals surface area (Å²) in [6.45, 7) is 1.80. The second-order valence-corrected chi connectivity index (χ2v) is 2.72. The maximum Gasteiger partial charge on any atom is 0.410 e. The van der Waals surface area contributed by atoms with Gasteiger partial charge in [-0.25, -0.2) is 9.78 Å². The molecule has 0 aromatic carbocycles. The highest BCUT2D eigenvalue weighted by Gasteiger charge is 2.09. The average Bonchev–Trinajstić information content (AvgIpc) is 2.16. The third-order valence-electron chi connectivity index (χ3n) is 1.54. The zero-order chi connectivity index (χ0) is 11.3. The first-order chi connectivity index (χ1) is 7.13. The van der Waals surface area contributed by atoms with Crippen LogP contribution >= 0.6 is 0 Å². The lowest BCUT2D eigenvalue weighted by molar-refractivity contribution is 0.195. The lowest BCUT2D eigenvalue weighted by Gasteiger charge is -2.04. The highest BCUT2D eigenvalue weighted by Crippen LogP contribution is 1.99. The number of aromatic nitrogens is 1. The van der Waals surface area contributed by atoms with Gasteiger partial charge in [0.1, 0.15) is 12.8 Å². The Hall–Kier alpha value is -2.11. The maximum absolute atomic E-state index is 10.5. The van der Waals surface area contributed by atoms with Crippen LogP contribution in [0.15, 0.2) is 23.4 Å². The van der Waals surface area contributed by atoms with Crippen LogP contribution in [-0.2, 0) is 4.84 Å². The molecular formula is C9H11N3O3. The smallest absolute Gasteiger partial charge is 0.410 e. The fourth-order valence-electron chi connectivity index (χ4n) is 1.00. The van der Waals surface area contributed by atoms with Gasteiger partial charge in [-0.2, -0.15) is 0 Å². The Morgan fingerprint density at radius 2 is 2.33 bits per heavy atom. The number of pyridine rings is 1. The van der Waals surface area contributed by atoms with Gasteiger partial charge in [-0.05, 0) is 19.1 Å². The molecule has 0 atom stereocenters. The zero-order valence-corrected chi connectivity index (χ0v) is 8.39. The number of carbonyl (C=O) groups is 1. The van der Waals surface area contributed by atoms with E-state index < -0.39 is 6.09 Å². The van der Waals surface area contributed by atoms with E-state index in [2.05, 4.69) is 20.3 Å². The maximum atomic E-state index is 10.5. The largest absolute Gasteiger partial charge is 0.465 e. The first-order valence-corrected chi connectivity index (χ1v) is 4.18. The number of hydrogen-bond donors (Lipinski definition) is 2. The van der Waals surface area contributed by atoms with E-state index in [9.17, 15) is 4.79 Å². The second-order valence-electron chi connectivity index (χ2n) is 2.72. The molecule has 2 N–H and O–H groups in total. The van der Waals surface area contributed by atoms with Crippen LogP contribution in [0.5, 0.6) is 0 Å². The highest BCUT2D eigenvalue weighted by molar-refractivity contribution is 6.04. The number of amides is 1. The molecule has 0 aliphatic carbocycles. The number of nitrogens with zero attached hydrogens (tertiary/aromatic N) is 2. The first kappa shape index (κ1) is 11.0. The normalized spacial score (nSPS) is 10.9. The molecule has 1 heterocycles. The lowest BCUT2D eigenvalue weighted by Crippen LogP contribution is -2.30. The molecule has 0 saturated carbocycles. The molecule has 0 saturated heterocycles. The molecule has 80 valence electrons. The fraction of sp³-hybridized carbons (Fsp3) is 0.222. The van der Waals surface area contributed by atoms with E-state index in [0.29, 0.717) is 5.69 Å². The second kappa shape index (κ2) is 4.94. The number of nitrogens with one attached hydrogen (secondary N) is 1. The number of oxime groups is 1. The average molecular weight is 209 g/mol. The van der Waals surface area contributed by atoms with E-state index >= 15 is 0 Å². The topological polar surface area (TPSA) is 83.8 Å². The molecule has 0 fully saturated rings. The Morgan fingerprint density at radius 3 is 2.87 bits per heavy atom. The van der Waals surface area contributed by atoms with Gasteiger partial charge < -0.3 is 9.94 Å². The molecule has 1 aromatic heterocycles. The van der Waals surface area contributed by atoms with Crippen molar-refractivity contribution >= 4 is 11.9 Å². The molecule has 1 rings (SSSR count). The molecule has 6 nitrogen and oxygen atoms in total. The van der Waals surface area contributed by atoms with Crippen LogP contribution in [0, 0.1) is 6.92 Å². The summed E-state index contributed by atoms with van der Waals surface area (Å²) in [5.41, 5.74) is 1.18. The molecule has 0 bridgehead atoms. The van der Waals surface area contributed by atoms with E-state index in [1.165, 1.54) is 7.11 Å². The highest BCUT2D eigenvalue weighted by atomic mass is 16.6. The standard InChI is InChI=1S/C9H11N3O3/c1-6-4-3-5-7(10-6)8(12-15-2)11-9(13)14/h3-5H,1-2H3,(H,11,12)(H,13,14). The van der Waals surface area contributed by atoms with E-state index in [4.69, 9.17) is 5.11 Å². The van der Waals surface area contributed by atoms with Crippen LogP contribution in [0.4, 0.5) is 4.79 Å². The van der Waals surface area contributed by atoms with Crippen molar-refractivity contribution in [2.24, 2.45) is 5.16 Å². The lowest BCUT2D eigenvalue weighted by atomic mass is 10.3. The van der Waals surface area contributed by atoms with Crippen LogP contribution in [0.25, 0.3) is 0 Å². The Balaban J connectivity index is 2.99. The summed E-state index contributed by atoms with van der Waals surface area (Å²) in [5, 5.41) is 14.2. The predicted octanol–water partition coefficient (Wildman–Crippen LogP) is 0.966. The van der Waals surface area contributed by atoms with Crippen molar-refractivity contribution in [3.8, 4) is 0 Å². The first-order valence-electron chi connectivity index (χ1n) is 4.18. The number of aryl methyl sites for hydroxylation is 1. The Labute approximate surface area is 86.6 Å². The zero-order valence-electron chi connectivity index (χ0n) is 8.39. The number of amidine groups is 1. The van der Waals surface area contributed by atoms with Gasteiger partial charge in [0.15, 0.2) is 0 Å². The third-order valence-corrected chi connectivity index (χ3v) is 1.54. The summed E-state index contributed by atoms with van der Waals surface area (Å²) < 4.78 is 0. The predicted molar refractivity (Wildman–Crippen MR) is 53.7 cm³/mol. The molecular weight excluding hydrogens is 198 g/mol. The molecule has 1 aromatic rings. The molecule has 0 spiro atoms. The minimum absolute atomic E-state index is 0.0636. The van der Waals surface area contributed by atoms with Gasteiger partial charge in [0.25, 0.3) is 0 Å². The summed E-state index contributed by atoms with van der Waals surface area (Å²) in [4.78, 5) is 19.1. The summed E-state index contributed by atoms with van der Waals surface area (Å²) in [5.74, 6) is 0.0636. The van der Waals surface area contributed by atoms with Crippen molar-refractivity contribution < 1.29 is 14.7 Å². The van der Waals surface area contributed by atoms with E-state index in [-0.39, 0.29) is 5.84 Å². The fourth-order valence-corrected chi connectivity index (χ4v) is 1.00. The van der Waals surface area contributed by atoms with Crippen molar-refractivity contribution in [3.05, 3.63) is 29.6 Å². The number of carboxylic acid groups (broad SMARTS) is 1. The van der Waals surface area contributed by atoms with E-state index in [1.54, 1.807) is 25.1 Å². The van der Waals surface area contributed by atoms with Crippen molar-refractivity contribution in [2.45, 2.75) is 6.92 Å². The van der Waals surface area contributed by atoms with Crippen LogP contribution in [-0.4, -0.2) is 29.1 Å². The summed E-state index contributed by atoms with van der Waals surface area (Å²) in [7, 11) is 1.33. The monoisotopic (exact) mass is 209 g/mol. The molecule has 0 aliphatic rings. The van der Waals surface area contributed by atoms with Gasteiger partial charge in [-0.3, -0.25) is 5.32 Å². The minimum atomic E-state index is -1.21. The van der Waals surface area contributed by atoms with Crippen LogP contribution < -0.4 is 5.32 Å². The van der Waals surface area contributed by atoms with Crippen molar-refractivity contribution in [1.82, 2.24) is 10.3 Å². The van der Waals surface area contributed by atoms with E-state index in [1.807, 2.05) is 0 Å². The van der Waals surface area contributed by atoms with Crippen LogP contribution in [0.1, 0.15) is 11.4 Å². The summed E-state index contributed by atoms with van der Waals surface area (Å²) >= 11 is 0. The SMILES string of the molecule is CO/N=C(\NC(=O)O)c1cccc(C)n1. The van der Waals surface area contributed by atoms with Gasteiger partial charge in [-0.1, -0.05) is 11.2 Å².